The Hall–Kier alpha value is -1.68. The van der Waals surface area contributed by atoms with E-state index in [4.69, 9.17) is 0 Å². The van der Waals surface area contributed by atoms with Gasteiger partial charge in [-0.2, -0.15) is 5.10 Å². The lowest BCUT2D eigenvalue weighted by Gasteiger charge is -2.08. The summed E-state index contributed by atoms with van der Waals surface area (Å²) >= 11 is 3.31. The number of fused-ring (bicyclic) bond motifs is 1. The second-order valence-electron chi connectivity index (χ2n) is 4.97. The molecule has 0 saturated heterocycles. The number of nitrogens with zero attached hydrogens (tertiary/aromatic N) is 2. The van der Waals surface area contributed by atoms with Crippen LogP contribution < -0.4 is 0 Å². The van der Waals surface area contributed by atoms with Crippen LogP contribution in [-0.4, -0.2) is 15.2 Å². The molecule has 0 amide bonds. The molecule has 0 radical (unpaired) electrons. The summed E-state index contributed by atoms with van der Waals surface area (Å²) in [6.45, 7) is 0. The van der Waals surface area contributed by atoms with Gasteiger partial charge in [0.25, 0.3) is 0 Å². The molecule has 1 aliphatic carbocycles. The topological polar surface area (TPSA) is 41.6 Å². The molecule has 2 aromatic carbocycles. The third-order valence-corrected chi connectivity index (χ3v) is 4.03. The van der Waals surface area contributed by atoms with Crippen LogP contribution in [0.4, 0.5) is 0 Å². The van der Waals surface area contributed by atoms with E-state index in [2.05, 4.69) is 67.5 Å². The average Bonchev–Trinajstić information content (AvgIpc) is 3.20. The van der Waals surface area contributed by atoms with Gasteiger partial charge >= 0.3 is 0 Å². The van der Waals surface area contributed by atoms with Gasteiger partial charge in [-0.05, 0) is 51.0 Å². The molecule has 0 aliphatic heterocycles. The number of hydrogen-bond acceptors (Lipinski definition) is 2. The van der Waals surface area contributed by atoms with Crippen LogP contribution in [0.1, 0.15) is 24.3 Å². The number of aromatic nitrogens is 3. The van der Waals surface area contributed by atoms with Crippen molar-refractivity contribution in [3.8, 4) is 11.4 Å². The van der Waals surface area contributed by atoms with Crippen molar-refractivity contribution < 1.29 is 0 Å². The predicted octanol–water partition coefficient (Wildman–Crippen LogP) is 4.26. The van der Waals surface area contributed by atoms with Gasteiger partial charge in [0.2, 0.25) is 0 Å². The first-order chi connectivity index (χ1) is 9.33. The standard InChI is InChI=1S/C15H12BrN3/c16-15-17-14(18-19-15)13-8-7-10(9-5-6-9)11-3-1-2-4-12(11)13/h1-4,7-9H,5-6H2,(H,17,18,19). The van der Waals surface area contributed by atoms with Crippen molar-refractivity contribution in [1.82, 2.24) is 15.2 Å². The highest BCUT2D eigenvalue weighted by Gasteiger charge is 2.26. The fraction of sp³-hybridized carbons (Fsp3) is 0.200. The van der Waals surface area contributed by atoms with Gasteiger partial charge in [-0.25, -0.2) is 4.98 Å². The van der Waals surface area contributed by atoms with Crippen molar-refractivity contribution in [2.45, 2.75) is 18.8 Å². The highest BCUT2D eigenvalue weighted by Crippen LogP contribution is 2.44. The molecule has 0 bridgehead atoms. The number of nitrogens with one attached hydrogen (secondary N) is 1. The minimum Gasteiger partial charge on any atom is -0.253 e. The first-order valence-corrected chi connectivity index (χ1v) is 7.22. The van der Waals surface area contributed by atoms with Crippen LogP contribution in [0.25, 0.3) is 22.2 Å². The number of rotatable bonds is 2. The Balaban J connectivity index is 1.99. The smallest absolute Gasteiger partial charge is 0.193 e. The Kier molecular flexibility index (Phi) is 2.45. The summed E-state index contributed by atoms with van der Waals surface area (Å²) in [7, 11) is 0. The van der Waals surface area contributed by atoms with Crippen LogP contribution in [-0.2, 0) is 0 Å². The lowest BCUT2D eigenvalue weighted by molar-refractivity contribution is 1.07. The second-order valence-corrected chi connectivity index (χ2v) is 5.72. The van der Waals surface area contributed by atoms with Crippen LogP contribution in [0.15, 0.2) is 41.1 Å². The predicted molar refractivity (Wildman–Crippen MR) is 79.0 cm³/mol. The van der Waals surface area contributed by atoms with Gasteiger partial charge in [-0.1, -0.05) is 36.4 Å². The zero-order valence-electron chi connectivity index (χ0n) is 10.2. The summed E-state index contributed by atoms with van der Waals surface area (Å²) in [6.07, 6.45) is 2.63. The van der Waals surface area contributed by atoms with Crippen LogP contribution in [0, 0.1) is 0 Å². The zero-order chi connectivity index (χ0) is 12.8. The fourth-order valence-corrected chi connectivity index (χ4v) is 2.89. The first kappa shape index (κ1) is 11.2. The molecule has 3 nitrogen and oxygen atoms in total. The van der Waals surface area contributed by atoms with E-state index >= 15 is 0 Å². The molecule has 1 aliphatic rings. The summed E-state index contributed by atoms with van der Waals surface area (Å²) in [5, 5.41) is 9.65. The molecule has 3 aromatic rings. The third kappa shape index (κ3) is 1.87. The van der Waals surface area contributed by atoms with Crippen molar-refractivity contribution in [2.24, 2.45) is 0 Å². The molecule has 1 heterocycles. The highest BCUT2D eigenvalue weighted by atomic mass is 79.9. The zero-order valence-corrected chi connectivity index (χ0v) is 11.8. The van der Waals surface area contributed by atoms with Gasteiger partial charge in [0.1, 0.15) is 0 Å². The summed E-state index contributed by atoms with van der Waals surface area (Å²) in [6, 6.07) is 12.9. The maximum atomic E-state index is 4.37. The Morgan fingerprint density at radius 2 is 1.84 bits per heavy atom. The summed E-state index contributed by atoms with van der Waals surface area (Å²) in [5.74, 6) is 1.49. The van der Waals surface area contributed by atoms with Crippen LogP contribution >= 0.6 is 15.9 Å². The summed E-state index contributed by atoms with van der Waals surface area (Å²) in [5.41, 5.74) is 2.55. The number of halogens is 1. The number of benzene rings is 2. The molecule has 0 atom stereocenters. The monoisotopic (exact) mass is 313 g/mol. The number of aromatic amines is 1. The maximum Gasteiger partial charge on any atom is 0.193 e. The molecular weight excluding hydrogens is 302 g/mol. The van der Waals surface area contributed by atoms with E-state index in [9.17, 15) is 0 Å². The molecule has 1 N–H and O–H groups in total. The van der Waals surface area contributed by atoms with Crippen LogP contribution in [0.5, 0.6) is 0 Å². The van der Waals surface area contributed by atoms with E-state index in [1.54, 1.807) is 0 Å². The van der Waals surface area contributed by atoms with Gasteiger partial charge in [0, 0.05) is 5.56 Å². The summed E-state index contributed by atoms with van der Waals surface area (Å²) < 4.78 is 0.665. The quantitative estimate of drug-likeness (QED) is 0.767. The van der Waals surface area contributed by atoms with Crippen molar-refractivity contribution in [1.29, 1.82) is 0 Å². The molecule has 4 rings (SSSR count). The normalized spacial score (nSPS) is 15.0. The fourth-order valence-electron chi connectivity index (χ4n) is 2.63. The van der Waals surface area contributed by atoms with Crippen LogP contribution in [0.2, 0.25) is 0 Å². The van der Waals surface area contributed by atoms with E-state index in [1.807, 2.05) is 0 Å². The molecule has 4 heteroatoms. The molecular formula is C15H12BrN3. The lowest BCUT2D eigenvalue weighted by atomic mass is 9.97. The minimum absolute atomic E-state index is 0.665. The first-order valence-electron chi connectivity index (χ1n) is 6.43. The largest absolute Gasteiger partial charge is 0.253 e. The van der Waals surface area contributed by atoms with E-state index in [0.29, 0.717) is 4.73 Å². The van der Waals surface area contributed by atoms with Gasteiger partial charge in [-0.15, -0.1) is 0 Å². The molecule has 0 unspecified atom stereocenters. The Bertz CT molecular complexity index is 759. The maximum absolute atomic E-state index is 4.37. The molecule has 19 heavy (non-hydrogen) atoms. The number of H-pyrrole nitrogens is 1. The molecule has 1 fully saturated rings. The second kappa shape index (κ2) is 4.17. The van der Waals surface area contributed by atoms with E-state index in [-0.39, 0.29) is 0 Å². The van der Waals surface area contributed by atoms with Gasteiger partial charge < -0.3 is 0 Å². The van der Waals surface area contributed by atoms with Crippen molar-refractivity contribution >= 4 is 26.7 Å². The van der Waals surface area contributed by atoms with Crippen molar-refractivity contribution in [3.05, 3.63) is 46.7 Å². The van der Waals surface area contributed by atoms with Gasteiger partial charge in [0.15, 0.2) is 10.6 Å². The SMILES string of the molecule is Brc1nc(-c2ccc(C3CC3)c3ccccc23)n[nH]1. The molecule has 94 valence electrons. The third-order valence-electron chi connectivity index (χ3n) is 3.67. The highest BCUT2D eigenvalue weighted by molar-refractivity contribution is 9.10. The average molecular weight is 314 g/mol. The van der Waals surface area contributed by atoms with Crippen molar-refractivity contribution in [3.63, 3.8) is 0 Å². The molecule has 1 aromatic heterocycles. The van der Waals surface area contributed by atoms with Crippen molar-refractivity contribution in [2.75, 3.05) is 0 Å². The lowest BCUT2D eigenvalue weighted by Crippen LogP contribution is -1.88. The van der Waals surface area contributed by atoms with Gasteiger partial charge in [0.05, 0.1) is 0 Å². The molecule has 0 spiro atoms. The minimum atomic E-state index is 0.665. The van der Waals surface area contributed by atoms with E-state index < -0.39 is 0 Å². The van der Waals surface area contributed by atoms with Gasteiger partial charge in [-0.3, -0.25) is 5.10 Å². The Morgan fingerprint density at radius 1 is 1.05 bits per heavy atom. The Morgan fingerprint density at radius 3 is 2.53 bits per heavy atom. The van der Waals surface area contributed by atoms with E-state index in [0.717, 1.165) is 17.3 Å². The van der Waals surface area contributed by atoms with Crippen LogP contribution in [0.3, 0.4) is 0 Å². The Labute approximate surface area is 119 Å². The van der Waals surface area contributed by atoms with E-state index in [1.165, 1.54) is 29.2 Å². The molecule has 1 saturated carbocycles. The summed E-state index contributed by atoms with van der Waals surface area (Å²) in [4.78, 5) is 4.37. The number of hydrogen-bond donors (Lipinski definition) is 1.